The molecule has 28 heavy (non-hydrogen) atoms. The van der Waals surface area contributed by atoms with Gasteiger partial charge in [-0.15, -0.1) is 0 Å². The SMILES string of the molecule is N.O=S(=O)(O)C(F)C(F)(F)C(F)(F)C(F)(F)C(F)(F)C(F)C(F)C(F)C(F)F. The molecule has 0 heterocycles. The lowest BCUT2D eigenvalue weighted by atomic mass is 9.93. The van der Waals surface area contributed by atoms with Crippen LogP contribution in [0.1, 0.15) is 0 Å². The van der Waals surface area contributed by atoms with Gasteiger partial charge in [-0.1, -0.05) is 0 Å². The van der Waals surface area contributed by atoms with Crippen LogP contribution in [0, 0.1) is 0 Å². The average molecular weight is 477 g/mol. The molecule has 0 amide bonds. The highest BCUT2D eigenvalue weighted by atomic mass is 32.2. The summed E-state index contributed by atoms with van der Waals surface area (Å²) >= 11 is 0. The van der Waals surface area contributed by atoms with E-state index in [4.69, 9.17) is 4.55 Å². The van der Waals surface area contributed by atoms with Gasteiger partial charge in [0.25, 0.3) is 11.9 Å². The van der Waals surface area contributed by atoms with Crippen molar-refractivity contribution >= 4 is 10.1 Å². The fourth-order valence-electron chi connectivity index (χ4n) is 1.42. The van der Waals surface area contributed by atoms with E-state index in [-0.39, 0.29) is 6.15 Å². The first-order valence-electron chi connectivity index (χ1n) is 5.90. The molecule has 0 aromatic heterocycles. The molecule has 0 spiro atoms. The molecule has 0 aliphatic heterocycles. The fraction of sp³-hybridized carbons (Fsp3) is 1.00. The van der Waals surface area contributed by atoms with Crippen LogP contribution in [0.5, 0.6) is 0 Å². The maximum atomic E-state index is 13.2. The Bertz CT molecular complexity index is 626. The van der Waals surface area contributed by atoms with Crippen LogP contribution in [0.2, 0.25) is 0 Å². The molecule has 4 N–H and O–H groups in total. The van der Waals surface area contributed by atoms with Gasteiger partial charge in [-0.3, -0.25) is 4.55 Å². The van der Waals surface area contributed by atoms with Gasteiger partial charge in [0.15, 0.2) is 12.3 Å². The van der Waals surface area contributed by atoms with E-state index < -0.39 is 64.3 Å². The number of hydrogen-bond acceptors (Lipinski definition) is 3. The van der Waals surface area contributed by atoms with E-state index in [9.17, 15) is 69.9 Å². The molecule has 0 radical (unpaired) electrons. The van der Waals surface area contributed by atoms with Crippen molar-refractivity contribution < 1.29 is 74.4 Å². The summed E-state index contributed by atoms with van der Waals surface area (Å²) in [5.41, 5.74) is -5.64. The van der Waals surface area contributed by atoms with Crippen molar-refractivity contribution in [3.8, 4) is 0 Å². The van der Waals surface area contributed by atoms with Gasteiger partial charge in [0.2, 0.25) is 6.17 Å². The summed E-state index contributed by atoms with van der Waals surface area (Å²) in [5, 5.41) is 0. The molecule has 0 aromatic rings. The predicted molar refractivity (Wildman–Crippen MR) is 61.9 cm³/mol. The van der Waals surface area contributed by atoms with Gasteiger partial charge in [-0.25, -0.2) is 26.3 Å². The van der Waals surface area contributed by atoms with Crippen molar-refractivity contribution in [2.75, 3.05) is 0 Å². The minimum absolute atomic E-state index is 0. The molecule has 172 valence electrons. The van der Waals surface area contributed by atoms with Crippen LogP contribution < -0.4 is 6.15 Å². The van der Waals surface area contributed by atoms with Crippen molar-refractivity contribution in [1.82, 2.24) is 6.15 Å². The summed E-state index contributed by atoms with van der Waals surface area (Å²) < 4.78 is 207. The Labute approximate surface area is 146 Å². The highest BCUT2D eigenvalue weighted by Gasteiger charge is 2.85. The zero-order valence-electron chi connectivity index (χ0n) is 12.6. The molecule has 4 unspecified atom stereocenters. The standard InChI is InChI=1S/C9H6F14O3S.H3N/c10-1(2(11)4(13)14)3(12)6(16,17)8(20,21)9(22,23)7(18,19)5(15)27(24,25)26;/h1-5H,(H,24,25,26);1H3. The van der Waals surface area contributed by atoms with E-state index in [1.54, 1.807) is 0 Å². The first kappa shape index (κ1) is 29.1. The van der Waals surface area contributed by atoms with Gasteiger partial charge < -0.3 is 6.15 Å². The smallest absolute Gasteiger partial charge is 0.344 e. The molecule has 0 rings (SSSR count). The van der Waals surface area contributed by atoms with Gasteiger partial charge in [0.05, 0.1) is 0 Å². The van der Waals surface area contributed by atoms with Crippen molar-refractivity contribution in [3.63, 3.8) is 0 Å². The predicted octanol–water partition coefficient (Wildman–Crippen LogP) is 4.15. The Hall–Kier alpha value is -1.11. The molecule has 0 aliphatic carbocycles. The zero-order chi connectivity index (χ0) is 22.4. The van der Waals surface area contributed by atoms with Crippen LogP contribution in [-0.2, 0) is 10.1 Å². The van der Waals surface area contributed by atoms with E-state index >= 15 is 0 Å². The van der Waals surface area contributed by atoms with Crippen LogP contribution in [0.15, 0.2) is 0 Å². The molecule has 0 fully saturated rings. The lowest BCUT2D eigenvalue weighted by molar-refractivity contribution is -0.382. The van der Waals surface area contributed by atoms with Crippen molar-refractivity contribution in [2.24, 2.45) is 0 Å². The molecule has 4 atom stereocenters. The van der Waals surface area contributed by atoms with Crippen molar-refractivity contribution in [3.05, 3.63) is 0 Å². The summed E-state index contributed by atoms with van der Waals surface area (Å²) in [4.78, 5) is 0. The second-order valence-corrected chi connectivity index (χ2v) is 6.29. The first-order valence-corrected chi connectivity index (χ1v) is 7.40. The second kappa shape index (κ2) is 8.33. The number of halogens is 14. The monoisotopic (exact) mass is 477 g/mol. The third-order valence-electron chi connectivity index (χ3n) is 2.95. The van der Waals surface area contributed by atoms with E-state index in [1.165, 1.54) is 0 Å². The second-order valence-electron chi connectivity index (χ2n) is 4.85. The molecule has 0 aromatic carbocycles. The third kappa shape index (κ3) is 4.55. The van der Waals surface area contributed by atoms with E-state index in [1.807, 2.05) is 0 Å². The molecular weight excluding hydrogens is 468 g/mol. The Kier molecular flexibility index (Phi) is 8.65. The van der Waals surface area contributed by atoms with Crippen LogP contribution in [0.25, 0.3) is 0 Å². The topological polar surface area (TPSA) is 89.4 Å². The van der Waals surface area contributed by atoms with Gasteiger partial charge in [-0.05, 0) is 0 Å². The quantitative estimate of drug-likeness (QED) is 0.386. The Morgan fingerprint density at radius 3 is 1.25 bits per heavy atom. The molecule has 0 aliphatic rings. The summed E-state index contributed by atoms with van der Waals surface area (Å²) in [6.45, 7) is 0. The van der Waals surface area contributed by atoms with E-state index in [0.717, 1.165) is 0 Å². The highest BCUT2D eigenvalue weighted by Crippen LogP contribution is 2.56. The van der Waals surface area contributed by atoms with Crippen LogP contribution in [-0.4, -0.2) is 67.1 Å². The number of alkyl halides is 14. The highest BCUT2D eigenvalue weighted by molar-refractivity contribution is 7.86. The van der Waals surface area contributed by atoms with Gasteiger partial charge in [0, 0.05) is 0 Å². The maximum absolute atomic E-state index is 13.2. The molecule has 0 saturated carbocycles. The van der Waals surface area contributed by atoms with Crippen LogP contribution in [0.4, 0.5) is 61.5 Å². The number of hydrogen-bond donors (Lipinski definition) is 2. The Morgan fingerprint density at radius 1 is 0.643 bits per heavy atom. The molecule has 4 nitrogen and oxygen atoms in total. The van der Waals surface area contributed by atoms with Gasteiger partial charge >= 0.3 is 33.8 Å². The first-order chi connectivity index (χ1) is 11.6. The Morgan fingerprint density at radius 2 is 0.964 bits per heavy atom. The third-order valence-corrected chi connectivity index (χ3v) is 3.77. The largest absolute Gasteiger partial charge is 0.382 e. The van der Waals surface area contributed by atoms with Crippen molar-refractivity contribution in [2.45, 2.75) is 54.1 Å². The summed E-state index contributed by atoms with van der Waals surface area (Å²) in [7, 11) is -6.91. The maximum Gasteiger partial charge on any atom is 0.382 e. The molecular formula is C9H9F14NO3S. The Balaban J connectivity index is 0. The zero-order valence-corrected chi connectivity index (χ0v) is 13.4. The van der Waals surface area contributed by atoms with Crippen molar-refractivity contribution in [1.29, 1.82) is 0 Å². The number of rotatable bonds is 9. The van der Waals surface area contributed by atoms with Crippen LogP contribution in [0.3, 0.4) is 0 Å². The van der Waals surface area contributed by atoms with Crippen LogP contribution >= 0.6 is 0 Å². The minimum atomic E-state index is -7.86. The summed E-state index contributed by atoms with van der Waals surface area (Å²) in [6, 6.07) is 0. The van der Waals surface area contributed by atoms with Gasteiger partial charge in [-0.2, -0.15) is 43.5 Å². The van der Waals surface area contributed by atoms with Gasteiger partial charge in [0.1, 0.15) is 0 Å². The lowest BCUT2D eigenvalue weighted by Gasteiger charge is -2.38. The fourth-order valence-corrected chi connectivity index (χ4v) is 1.94. The lowest BCUT2D eigenvalue weighted by Crippen LogP contribution is -2.68. The summed E-state index contributed by atoms with van der Waals surface area (Å²) in [6.07, 6.45) is -19.7. The average Bonchev–Trinajstić information content (AvgIpc) is 2.49. The normalized spacial score (nSPS) is 19.0. The summed E-state index contributed by atoms with van der Waals surface area (Å²) in [5.74, 6) is -30.4. The van der Waals surface area contributed by atoms with E-state index in [2.05, 4.69) is 0 Å². The molecule has 0 saturated heterocycles. The minimum Gasteiger partial charge on any atom is -0.344 e. The molecule has 0 bridgehead atoms. The molecule has 19 heteroatoms. The van der Waals surface area contributed by atoms with E-state index in [0.29, 0.717) is 0 Å².